The van der Waals surface area contributed by atoms with Crippen molar-refractivity contribution in [2.75, 3.05) is 23.7 Å². The average molecular weight is 619 g/mol. The fraction of sp³-hybridized carbons (Fsp3) is 0.355. The third-order valence-corrected chi connectivity index (χ3v) is 8.68. The highest BCUT2D eigenvalue weighted by Crippen LogP contribution is 2.29. The molecule has 0 aromatic heterocycles. The van der Waals surface area contributed by atoms with E-state index >= 15 is 0 Å². The molecule has 0 radical (unpaired) electrons. The highest BCUT2D eigenvalue weighted by atomic mass is 35.5. The summed E-state index contributed by atoms with van der Waals surface area (Å²) in [6.45, 7) is 5.49. The van der Waals surface area contributed by atoms with E-state index in [1.165, 1.54) is 4.90 Å². The smallest absolute Gasteiger partial charge is 0.244 e. The molecule has 0 spiro atoms. The molecule has 41 heavy (non-hydrogen) atoms. The largest absolute Gasteiger partial charge is 0.354 e. The molecule has 0 saturated carbocycles. The van der Waals surface area contributed by atoms with Crippen LogP contribution in [0.4, 0.5) is 5.69 Å². The zero-order chi connectivity index (χ0) is 30.2. The molecule has 1 atom stereocenters. The van der Waals surface area contributed by atoms with E-state index in [2.05, 4.69) is 5.32 Å². The molecule has 0 aliphatic carbocycles. The average Bonchev–Trinajstić information content (AvgIpc) is 2.91. The number of amides is 2. The lowest BCUT2D eigenvalue weighted by molar-refractivity contribution is -0.140. The normalized spacial score (nSPS) is 12.0. The van der Waals surface area contributed by atoms with Crippen molar-refractivity contribution in [1.82, 2.24) is 10.2 Å². The number of hydrogen-bond donors (Lipinski definition) is 1. The quantitative estimate of drug-likeness (QED) is 0.241. The van der Waals surface area contributed by atoms with Crippen LogP contribution in [0.3, 0.4) is 0 Å². The van der Waals surface area contributed by atoms with Crippen LogP contribution in [-0.4, -0.2) is 50.5 Å². The van der Waals surface area contributed by atoms with Gasteiger partial charge in [-0.15, -0.1) is 0 Å². The Bertz CT molecular complexity index is 1420. The van der Waals surface area contributed by atoms with Gasteiger partial charge in [-0.05, 0) is 49.1 Å². The lowest BCUT2D eigenvalue weighted by Crippen LogP contribution is -2.53. The van der Waals surface area contributed by atoms with Gasteiger partial charge in [0, 0.05) is 35.1 Å². The number of carbonyl (C=O) groups excluding carboxylic acids is 2. The molecule has 220 valence electrons. The fourth-order valence-corrected chi connectivity index (χ4v) is 6.17. The second kappa shape index (κ2) is 14.7. The van der Waals surface area contributed by atoms with Gasteiger partial charge in [0.05, 0.1) is 11.9 Å². The van der Waals surface area contributed by atoms with E-state index in [-0.39, 0.29) is 18.9 Å². The maximum atomic E-state index is 14.2. The third kappa shape index (κ3) is 8.71. The Morgan fingerprint density at radius 2 is 1.49 bits per heavy atom. The van der Waals surface area contributed by atoms with Gasteiger partial charge < -0.3 is 10.2 Å². The van der Waals surface area contributed by atoms with Crippen LogP contribution in [0.5, 0.6) is 0 Å². The van der Waals surface area contributed by atoms with Crippen LogP contribution in [-0.2, 0) is 32.6 Å². The van der Waals surface area contributed by atoms with Gasteiger partial charge >= 0.3 is 0 Å². The molecule has 3 aromatic rings. The van der Waals surface area contributed by atoms with Gasteiger partial charge in [0.2, 0.25) is 21.8 Å². The summed E-state index contributed by atoms with van der Waals surface area (Å²) in [6.07, 6.45) is 2.96. The number of hydrogen-bond acceptors (Lipinski definition) is 4. The number of rotatable bonds is 13. The zero-order valence-electron chi connectivity index (χ0n) is 23.9. The molecule has 0 heterocycles. The van der Waals surface area contributed by atoms with Gasteiger partial charge in [0.15, 0.2) is 0 Å². The van der Waals surface area contributed by atoms with Crippen molar-refractivity contribution in [3.05, 3.63) is 99.0 Å². The lowest BCUT2D eigenvalue weighted by Gasteiger charge is -2.34. The summed E-state index contributed by atoms with van der Waals surface area (Å²) in [5.41, 5.74) is 3.18. The predicted molar refractivity (Wildman–Crippen MR) is 167 cm³/mol. The second-order valence-corrected chi connectivity index (χ2v) is 12.8. The molecule has 0 aliphatic rings. The number of benzene rings is 3. The minimum Gasteiger partial charge on any atom is -0.354 e. The number of para-hydroxylation sites is 1. The third-order valence-electron chi connectivity index (χ3n) is 6.86. The van der Waals surface area contributed by atoms with Crippen molar-refractivity contribution in [3.63, 3.8) is 0 Å². The predicted octanol–water partition coefficient (Wildman–Crippen LogP) is 5.93. The summed E-state index contributed by atoms with van der Waals surface area (Å²) in [7, 11) is -3.87. The van der Waals surface area contributed by atoms with Gasteiger partial charge in [0.1, 0.15) is 12.6 Å². The highest BCUT2D eigenvalue weighted by molar-refractivity contribution is 7.92. The molecule has 3 rings (SSSR count). The standard InChI is InChI=1S/C31H37Cl2N3O4S/c1-5-6-18-34-31(38)28(19-24-14-8-7-9-15-24)35(20-25-26(32)16-11-17-27(25)33)29(37)21-36(41(4,39)40)30-22(2)12-10-13-23(30)3/h7-17,28H,5-6,18-21H2,1-4H3,(H,34,38)/t28-/m1/s1. The first-order valence-electron chi connectivity index (χ1n) is 13.5. The van der Waals surface area contributed by atoms with Gasteiger partial charge in [-0.3, -0.25) is 13.9 Å². The van der Waals surface area contributed by atoms with Crippen molar-refractivity contribution in [2.24, 2.45) is 0 Å². The first kappa shape index (κ1) is 32.4. The monoisotopic (exact) mass is 617 g/mol. The Morgan fingerprint density at radius 1 is 0.902 bits per heavy atom. The maximum absolute atomic E-state index is 14.2. The van der Waals surface area contributed by atoms with Gasteiger partial charge in [0.25, 0.3) is 0 Å². The van der Waals surface area contributed by atoms with E-state index in [1.807, 2.05) is 43.3 Å². The van der Waals surface area contributed by atoms with E-state index in [9.17, 15) is 18.0 Å². The van der Waals surface area contributed by atoms with Crippen molar-refractivity contribution >= 4 is 50.7 Å². The minimum atomic E-state index is -3.87. The van der Waals surface area contributed by atoms with Crippen LogP contribution in [0.1, 0.15) is 42.0 Å². The lowest BCUT2D eigenvalue weighted by atomic mass is 10.0. The Labute approximate surface area is 253 Å². The SMILES string of the molecule is CCCCNC(=O)[C@@H](Cc1ccccc1)N(Cc1c(Cl)cccc1Cl)C(=O)CN(c1c(C)cccc1C)S(C)(=O)=O. The molecule has 0 bridgehead atoms. The minimum absolute atomic E-state index is 0.0829. The van der Waals surface area contributed by atoms with Crippen LogP contribution in [0.2, 0.25) is 10.0 Å². The zero-order valence-corrected chi connectivity index (χ0v) is 26.2. The Balaban J connectivity index is 2.12. The fourth-order valence-electron chi connectivity index (χ4n) is 4.69. The summed E-state index contributed by atoms with van der Waals surface area (Å²) < 4.78 is 27.2. The first-order valence-corrected chi connectivity index (χ1v) is 16.1. The highest BCUT2D eigenvalue weighted by Gasteiger charge is 2.34. The van der Waals surface area contributed by atoms with Crippen LogP contribution in [0, 0.1) is 13.8 Å². The molecule has 10 heteroatoms. The molecule has 0 unspecified atom stereocenters. The van der Waals surface area contributed by atoms with E-state index < -0.39 is 28.5 Å². The van der Waals surface area contributed by atoms with E-state index in [0.29, 0.717) is 39.0 Å². The number of unbranched alkanes of at least 4 members (excludes halogenated alkanes) is 1. The summed E-state index contributed by atoms with van der Waals surface area (Å²) in [5, 5.41) is 3.64. The summed E-state index contributed by atoms with van der Waals surface area (Å²) in [4.78, 5) is 29.3. The molecule has 0 fully saturated rings. The van der Waals surface area contributed by atoms with Crippen molar-refractivity contribution < 1.29 is 18.0 Å². The number of anilines is 1. The van der Waals surface area contributed by atoms with Crippen molar-refractivity contribution in [3.8, 4) is 0 Å². The molecule has 7 nitrogen and oxygen atoms in total. The molecule has 3 aromatic carbocycles. The summed E-state index contributed by atoms with van der Waals surface area (Å²) in [5.74, 6) is -0.891. The van der Waals surface area contributed by atoms with E-state index in [1.54, 1.807) is 44.2 Å². The topological polar surface area (TPSA) is 86.8 Å². The summed E-state index contributed by atoms with van der Waals surface area (Å²) >= 11 is 13.0. The Kier molecular flexibility index (Phi) is 11.6. The van der Waals surface area contributed by atoms with Crippen LogP contribution in [0.25, 0.3) is 0 Å². The second-order valence-electron chi connectivity index (χ2n) is 10.1. The Hall–Kier alpha value is -3.07. The first-order chi connectivity index (χ1) is 19.4. The Morgan fingerprint density at radius 3 is 2.05 bits per heavy atom. The molecular formula is C31H37Cl2N3O4S. The number of carbonyl (C=O) groups is 2. The van der Waals surface area contributed by atoms with Gasteiger partial charge in [-0.1, -0.05) is 91.1 Å². The molecule has 0 aliphatic heterocycles. The number of halogens is 2. The van der Waals surface area contributed by atoms with Crippen LogP contribution in [0.15, 0.2) is 66.7 Å². The van der Waals surface area contributed by atoms with E-state index in [0.717, 1.165) is 29.0 Å². The maximum Gasteiger partial charge on any atom is 0.244 e. The summed E-state index contributed by atoms with van der Waals surface area (Å²) in [6, 6.07) is 18.9. The van der Waals surface area contributed by atoms with Crippen molar-refractivity contribution in [1.29, 1.82) is 0 Å². The van der Waals surface area contributed by atoms with Crippen LogP contribution >= 0.6 is 23.2 Å². The molecule has 2 amide bonds. The molecule has 1 N–H and O–H groups in total. The number of nitrogens with zero attached hydrogens (tertiary/aromatic N) is 2. The van der Waals surface area contributed by atoms with Crippen LogP contribution < -0.4 is 9.62 Å². The molecule has 0 saturated heterocycles. The molecular weight excluding hydrogens is 581 g/mol. The van der Waals surface area contributed by atoms with E-state index in [4.69, 9.17) is 23.2 Å². The van der Waals surface area contributed by atoms with Gasteiger partial charge in [-0.25, -0.2) is 8.42 Å². The number of aryl methyl sites for hydroxylation is 2. The van der Waals surface area contributed by atoms with Gasteiger partial charge in [-0.2, -0.15) is 0 Å². The number of nitrogens with one attached hydrogen (secondary N) is 1. The number of sulfonamides is 1. The van der Waals surface area contributed by atoms with Crippen molar-refractivity contribution in [2.45, 2.75) is 52.6 Å².